The smallest absolute Gasteiger partial charge is 0.303 e. The lowest BCUT2D eigenvalue weighted by molar-refractivity contribution is -0.164. The zero-order valence-corrected chi connectivity index (χ0v) is 12.3. The summed E-state index contributed by atoms with van der Waals surface area (Å²) in [6, 6.07) is 0. The van der Waals surface area contributed by atoms with Gasteiger partial charge in [-0.15, -0.1) is 10.2 Å². The Kier molecular flexibility index (Phi) is 4.51. The molecule has 1 aliphatic heterocycles. The van der Waals surface area contributed by atoms with E-state index in [0.717, 1.165) is 0 Å². The van der Waals surface area contributed by atoms with Gasteiger partial charge in [0, 0.05) is 13.8 Å². The molecule has 0 aromatic carbocycles. The van der Waals surface area contributed by atoms with Gasteiger partial charge < -0.3 is 14.2 Å². The molecule has 116 valence electrons. The molecule has 1 aliphatic rings. The van der Waals surface area contributed by atoms with Crippen LogP contribution < -0.4 is 0 Å². The monoisotopic (exact) mass is 298 g/mol. The van der Waals surface area contributed by atoms with Gasteiger partial charge in [0.2, 0.25) is 5.82 Å². The first kappa shape index (κ1) is 15.4. The number of rotatable bonds is 4. The lowest BCUT2D eigenvalue weighted by Crippen LogP contribution is -2.37. The van der Waals surface area contributed by atoms with Crippen molar-refractivity contribution in [3.8, 4) is 0 Å². The average molecular weight is 298 g/mol. The number of aryl methyl sites for hydroxylation is 1. The van der Waals surface area contributed by atoms with Crippen LogP contribution in [-0.2, 0) is 30.3 Å². The largest absolute Gasteiger partial charge is 0.456 e. The summed E-state index contributed by atoms with van der Waals surface area (Å²) in [4.78, 5) is 23.9. The van der Waals surface area contributed by atoms with E-state index in [4.69, 9.17) is 14.2 Å². The van der Waals surface area contributed by atoms with Gasteiger partial charge in [-0.05, 0) is 19.1 Å². The molecule has 9 nitrogen and oxygen atoms in total. The molecule has 0 N–H and O–H groups in total. The molecule has 0 spiro atoms. The summed E-state index contributed by atoms with van der Waals surface area (Å²) in [6.07, 6.45) is -2.66. The summed E-state index contributed by atoms with van der Waals surface area (Å²) >= 11 is 0. The molecule has 0 bridgehead atoms. The Labute approximate surface area is 121 Å². The van der Waals surface area contributed by atoms with Crippen molar-refractivity contribution in [1.29, 1.82) is 0 Å². The quantitative estimate of drug-likeness (QED) is 0.716. The fraction of sp³-hybridized carbons (Fsp3) is 0.750. The van der Waals surface area contributed by atoms with Crippen molar-refractivity contribution >= 4 is 11.9 Å². The van der Waals surface area contributed by atoms with Crippen molar-refractivity contribution in [2.24, 2.45) is 0 Å². The van der Waals surface area contributed by atoms with Gasteiger partial charge in [-0.3, -0.25) is 9.59 Å². The first-order valence-electron chi connectivity index (χ1n) is 6.70. The Hall–Kier alpha value is -2.03. The van der Waals surface area contributed by atoms with Crippen LogP contribution in [0.3, 0.4) is 0 Å². The number of carbonyl (C=O) groups is 2. The second-order valence-electron chi connectivity index (χ2n) is 4.75. The van der Waals surface area contributed by atoms with Crippen LogP contribution in [0.1, 0.15) is 39.6 Å². The Balaban J connectivity index is 2.26. The van der Waals surface area contributed by atoms with Crippen LogP contribution in [0, 0.1) is 0 Å². The second-order valence-corrected chi connectivity index (χ2v) is 4.75. The molecule has 1 aromatic heterocycles. The van der Waals surface area contributed by atoms with Crippen molar-refractivity contribution in [1.82, 2.24) is 20.2 Å². The SMILES string of the molecule is CCn1nnc([C@H]2O[C@@H](C)C(OC(C)=O)C2OC(C)=O)n1. The summed E-state index contributed by atoms with van der Waals surface area (Å²) in [5.74, 6) is -0.675. The van der Waals surface area contributed by atoms with Crippen molar-refractivity contribution in [2.45, 2.75) is 58.7 Å². The molecule has 0 amide bonds. The number of esters is 2. The van der Waals surface area contributed by atoms with Gasteiger partial charge in [0.05, 0.1) is 12.6 Å². The van der Waals surface area contributed by atoms with Crippen LogP contribution in [0.5, 0.6) is 0 Å². The highest BCUT2D eigenvalue weighted by Gasteiger charge is 2.49. The summed E-state index contributed by atoms with van der Waals surface area (Å²) in [7, 11) is 0. The predicted octanol–water partition coefficient (Wildman–Crippen LogP) is 0.0162. The van der Waals surface area contributed by atoms with E-state index in [1.165, 1.54) is 18.6 Å². The van der Waals surface area contributed by atoms with E-state index in [1.807, 2.05) is 6.92 Å². The van der Waals surface area contributed by atoms with Gasteiger partial charge >= 0.3 is 11.9 Å². The molecule has 0 saturated carbocycles. The van der Waals surface area contributed by atoms with Crippen LogP contribution >= 0.6 is 0 Å². The highest BCUT2D eigenvalue weighted by molar-refractivity contribution is 5.67. The number of ether oxygens (including phenoxy) is 3. The van der Waals surface area contributed by atoms with E-state index < -0.39 is 36.4 Å². The van der Waals surface area contributed by atoms with Crippen LogP contribution in [0.2, 0.25) is 0 Å². The van der Waals surface area contributed by atoms with E-state index in [0.29, 0.717) is 12.4 Å². The minimum absolute atomic E-state index is 0.296. The van der Waals surface area contributed by atoms with Gasteiger partial charge in [0.15, 0.2) is 18.3 Å². The van der Waals surface area contributed by atoms with Gasteiger partial charge in [0.1, 0.15) is 0 Å². The molecule has 4 atom stereocenters. The molecule has 1 aromatic rings. The zero-order chi connectivity index (χ0) is 15.6. The molecule has 2 heterocycles. The molecular weight excluding hydrogens is 280 g/mol. The van der Waals surface area contributed by atoms with Crippen molar-refractivity contribution in [2.75, 3.05) is 0 Å². The Bertz CT molecular complexity index is 531. The minimum atomic E-state index is -0.795. The van der Waals surface area contributed by atoms with Crippen LogP contribution in [0.15, 0.2) is 0 Å². The third-order valence-electron chi connectivity index (χ3n) is 3.06. The second kappa shape index (κ2) is 6.17. The Morgan fingerprint density at radius 1 is 1.24 bits per heavy atom. The molecule has 0 aliphatic carbocycles. The maximum absolute atomic E-state index is 11.3. The normalized spacial score (nSPS) is 28.4. The summed E-state index contributed by atoms with van der Waals surface area (Å²) in [6.45, 7) is 6.72. The zero-order valence-electron chi connectivity index (χ0n) is 12.3. The Morgan fingerprint density at radius 3 is 2.38 bits per heavy atom. The third-order valence-corrected chi connectivity index (χ3v) is 3.06. The van der Waals surface area contributed by atoms with Crippen molar-refractivity contribution in [3.63, 3.8) is 0 Å². The highest BCUT2D eigenvalue weighted by atomic mass is 16.6. The summed E-state index contributed by atoms with van der Waals surface area (Å²) < 4.78 is 16.1. The molecule has 0 radical (unpaired) electrons. The minimum Gasteiger partial charge on any atom is -0.456 e. The molecule has 1 saturated heterocycles. The van der Waals surface area contributed by atoms with Crippen LogP contribution in [0.4, 0.5) is 0 Å². The number of carbonyl (C=O) groups excluding carboxylic acids is 2. The van der Waals surface area contributed by atoms with E-state index in [-0.39, 0.29) is 0 Å². The van der Waals surface area contributed by atoms with E-state index in [1.54, 1.807) is 6.92 Å². The average Bonchev–Trinajstić information content (AvgIpc) is 2.97. The lowest BCUT2D eigenvalue weighted by atomic mass is 10.1. The fourth-order valence-electron chi connectivity index (χ4n) is 2.21. The summed E-state index contributed by atoms with van der Waals surface area (Å²) in [5.41, 5.74) is 0. The molecule has 9 heteroatoms. The van der Waals surface area contributed by atoms with Crippen LogP contribution in [-0.4, -0.2) is 50.5 Å². The van der Waals surface area contributed by atoms with Crippen molar-refractivity contribution in [3.05, 3.63) is 5.82 Å². The maximum atomic E-state index is 11.3. The van der Waals surface area contributed by atoms with Gasteiger partial charge in [-0.25, -0.2) is 0 Å². The number of hydrogen-bond donors (Lipinski definition) is 0. The number of aromatic nitrogens is 4. The lowest BCUT2D eigenvalue weighted by Gasteiger charge is -2.21. The summed E-state index contributed by atoms with van der Waals surface area (Å²) in [5, 5.41) is 11.9. The van der Waals surface area contributed by atoms with Gasteiger partial charge in [0.25, 0.3) is 0 Å². The third kappa shape index (κ3) is 3.35. The number of nitrogens with zero attached hydrogens (tertiary/aromatic N) is 4. The highest BCUT2D eigenvalue weighted by Crippen LogP contribution is 2.35. The van der Waals surface area contributed by atoms with E-state index in [2.05, 4.69) is 15.4 Å². The first-order valence-corrected chi connectivity index (χ1v) is 6.70. The standard InChI is InChI=1S/C12H18N4O5/c1-5-16-14-12(13-15-16)11-10(21-8(4)18)9(6(2)19-11)20-7(3)17/h6,9-11H,5H2,1-4H3/t6-,9?,10?,11-/m0/s1. The Morgan fingerprint density at radius 2 is 1.86 bits per heavy atom. The maximum Gasteiger partial charge on any atom is 0.303 e. The molecule has 2 unspecified atom stereocenters. The van der Waals surface area contributed by atoms with Crippen LogP contribution in [0.25, 0.3) is 0 Å². The van der Waals surface area contributed by atoms with E-state index in [9.17, 15) is 9.59 Å². The molecule has 2 rings (SSSR count). The topological polar surface area (TPSA) is 105 Å². The first-order chi connectivity index (χ1) is 9.92. The molecule has 1 fully saturated rings. The van der Waals surface area contributed by atoms with E-state index >= 15 is 0 Å². The number of tetrazole rings is 1. The molecule has 21 heavy (non-hydrogen) atoms. The number of hydrogen-bond acceptors (Lipinski definition) is 8. The van der Waals surface area contributed by atoms with Gasteiger partial charge in [-0.1, -0.05) is 0 Å². The predicted molar refractivity (Wildman–Crippen MR) is 67.9 cm³/mol. The van der Waals surface area contributed by atoms with Gasteiger partial charge in [-0.2, -0.15) is 4.80 Å². The van der Waals surface area contributed by atoms with Crippen molar-refractivity contribution < 1.29 is 23.8 Å². The fourth-order valence-corrected chi connectivity index (χ4v) is 2.21. The molecular formula is C12H18N4O5.